The van der Waals surface area contributed by atoms with Gasteiger partial charge in [0.25, 0.3) is 0 Å². The first-order valence-electron chi connectivity index (χ1n) is 8.53. The molecule has 1 aliphatic rings. The van der Waals surface area contributed by atoms with E-state index in [1.807, 2.05) is 24.3 Å². The SMILES string of the molecule is COC(=O)[C@@H]1C[C@@H](O)CN1Cn1nnn(-c2ccc(C(C)C)cc2)c1=S. The number of methoxy groups -OCH3 is 1. The van der Waals surface area contributed by atoms with Gasteiger partial charge in [0.2, 0.25) is 4.77 Å². The standard InChI is InChI=1S/C17H23N5O3S/c1-11(2)12-4-6-13(7-5-12)22-17(26)21(18-19-22)10-20-9-14(23)8-15(20)16(24)25-3/h4-7,11,14-15,23H,8-10H2,1-3H3/t14-,15+/m1/s1. The van der Waals surface area contributed by atoms with E-state index in [0.717, 1.165) is 5.69 Å². The minimum atomic E-state index is -0.577. The third kappa shape index (κ3) is 3.69. The number of aromatic nitrogens is 4. The highest BCUT2D eigenvalue weighted by atomic mass is 32.1. The number of carbonyl (C=O) groups excluding carboxylic acids is 1. The second kappa shape index (κ2) is 7.65. The maximum atomic E-state index is 11.9. The van der Waals surface area contributed by atoms with Crippen LogP contribution >= 0.6 is 12.2 Å². The Bertz CT molecular complexity index is 830. The smallest absolute Gasteiger partial charge is 0.323 e. The zero-order valence-corrected chi connectivity index (χ0v) is 15.9. The average molecular weight is 377 g/mol. The van der Waals surface area contributed by atoms with E-state index in [1.54, 1.807) is 14.3 Å². The molecule has 2 aromatic rings. The van der Waals surface area contributed by atoms with Gasteiger partial charge in [-0.25, -0.2) is 4.68 Å². The zero-order valence-electron chi connectivity index (χ0n) is 15.1. The molecule has 26 heavy (non-hydrogen) atoms. The molecule has 2 heterocycles. The second-order valence-electron chi connectivity index (χ2n) is 6.76. The van der Waals surface area contributed by atoms with Crippen molar-refractivity contribution in [2.75, 3.05) is 13.7 Å². The molecule has 0 saturated carbocycles. The third-order valence-electron chi connectivity index (χ3n) is 4.61. The Kier molecular flexibility index (Phi) is 5.49. The number of aliphatic hydroxyl groups is 1. The molecule has 1 aromatic carbocycles. The summed E-state index contributed by atoms with van der Waals surface area (Å²) < 4.78 is 8.36. The maximum Gasteiger partial charge on any atom is 0.323 e. The zero-order chi connectivity index (χ0) is 18.8. The molecule has 2 atom stereocenters. The summed E-state index contributed by atoms with van der Waals surface area (Å²) in [5.41, 5.74) is 2.07. The van der Waals surface area contributed by atoms with Crippen molar-refractivity contribution in [3.63, 3.8) is 0 Å². The van der Waals surface area contributed by atoms with Crippen LogP contribution in [0.1, 0.15) is 31.7 Å². The first kappa shape index (κ1) is 18.7. The maximum absolute atomic E-state index is 11.9. The van der Waals surface area contributed by atoms with Crippen molar-refractivity contribution in [3.05, 3.63) is 34.6 Å². The van der Waals surface area contributed by atoms with Crippen molar-refractivity contribution in [2.45, 2.75) is 45.0 Å². The number of β-amino-alcohol motifs (C(OH)–C–C–N with tert-alkyl or cyclic N) is 1. The number of rotatable bonds is 5. The lowest BCUT2D eigenvalue weighted by atomic mass is 10.0. The molecule has 0 aliphatic carbocycles. The molecule has 3 rings (SSSR count). The van der Waals surface area contributed by atoms with Gasteiger partial charge < -0.3 is 9.84 Å². The lowest BCUT2D eigenvalue weighted by molar-refractivity contribution is -0.146. The van der Waals surface area contributed by atoms with Gasteiger partial charge in [0.05, 0.1) is 25.6 Å². The summed E-state index contributed by atoms with van der Waals surface area (Å²) in [6.07, 6.45) is -0.239. The van der Waals surface area contributed by atoms with E-state index in [2.05, 4.69) is 24.3 Å². The Balaban J connectivity index is 1.81. The molecule has 0 amide bonds. The minimum absolute atomic E-state index is 0.264. The lowest BCUT2D eigenvalue weighted by Gasteiger charge is -2.21. The van der Waals surface area contributed by atoms with E-state index in [0.29, 0.717) is 23.7 Å². The first-order valence-corrected chi connectivity index (χ1v) is 8.94. The van der Waals surface area contributed by atoms with Gasteiger partial charge in [0.1, 0.15) is 6.04 Å². The summed E-state index contributed by atoms with van der Waals surface area (Å²) in [4.78, 5) is 13.7. The predicted octanol–water partition coefficient (Wildman–Crippen LogP) is 1.49. The highest BCUT2D eigenvalue weighted by molar-refractivity contribution is 7.71. The largest absolute Gasteiger partial charge is 0.468 e. The van der Waals surface area contributed by atoms with E-state index in [-0.39, 0.29) is 12.6 Å². The van der Waals surface area contributed by atoms with Crippen molar-refractivity contribution in [3.8, 4) is 5.69 Å². The monoisotopic (exact) mass is 377 g/mol. The third-order valence-corrected chi connectivity index (χ3v) is 5.00. The Morgan fingerprint density at radius 1 is 1.35 bits per heavy atom. The molecular formula is C17H23N5O3S. The molecule has 1 aromatic heterocycles. The number of ether oxygens (including phenoxy) is 1. The van der Waals surface area contributed by atoms with E-state index in [1.165, 1.54) is 12.7 Å². The fraction of sp³-hybridized carbons (Fsp3) is 0.529. The molecule has 1 saturated heterocycles. The van der Waals surface area contributed by atoms with Gasteiger partial charge in [-0.2, -0.15) is 4.68 Å². The molecule has 9 heteroatoms. The molecule has 0 unspecified atom stereocenters. The van der Waals surface area contributed by atoms with E-state index >= 15 is 0 Å². The molecule has 1 fully saturated rings. The molecule has 8 nitrogen and oxygen atoms in total. The number of hydrogen-bond donors (Lipinski definition) is 1. The molecule has 1 aliphatic heterocycles. The summed E-state index contributed by atoms with van der Waals surface area (Å²) in [6, 6.07) is 7.50. The number of aliphatic hydroxyl groups excluding tert-OH is 1. The molecule has 1 N–H and O–H groups in total. The van der Waals surface area contributed by atoms with Gasteiger partial charge in [0, 0.05) is 13.0 Å². The van der Waals surface area contributed by atoms with Gasteiger partial charge in [0.15, 0.2) is 0 Å². The van der Waals surface area contributed by atoms with Gasteiger partial charge in [-0.15, -0.1) is 0 Å². The van der Waals surface area contributed by atoms with Crippen LogP contribution in [0, 0.1) is 4.77 Å². The fourth-order valence-corrected chi connectivity index (χ4v) is 3.35. The Morgan fingerprint density at radius 2 is 2.04 bits per heavy atom. The average Bonchev–Trinajstić information content (AvgIpc) is 3.17. The van der Waals surface area contributed by atoms with E-state index in [9.17, 15) is 9.90 Å². The fourth-order valence-electron chi connectivity index (χ4n) is 3.11. The van der Waals surface area contributed by atoms with Crippen LogP contribution in [-0.4, -0.2) is 61.6 Å². The molecular weight excluding hydrogens is 354 g/mol. The van der Waals surface area contributed by atoms with Crippen LogP contribution in [0.25, 0.3) is 5.69 Å². The topological polar surface area (TPSA) is 85.4 Å². The normalized spacial score (nSPS) is 20.7. The summed E-state index contributed by atoms with van der Waals surface area (Å²) in [5, 5.41) is 18.1. The van der Waals surface area contributed by atoms with Crippen molar-refractivity contribution >= 4 is 18.2 Å². The molecule has 0 spiro atoms. The van der Waals surface area contributed by atoms with E-state index in [4.69, 9.17) is 17.0 Å². The van der Waals surface area contributed by atoms with Crippen LogP contribution in [-0.2, 0) is 16.2 Å². The predicted molar refractivity (Wildman–Crippen MR) is 97.4 cm³/mol. The van der Waals surface area contributed by atoms with Crippen LogP contribution in [0.15, 0.2) is 24.3 Å². The molecule has 0 radical (unpaired) electrons. The van der Waals surface area contributed by atoms with Crippen molar-refractivity contribution < 1.29 is 14.6 Å². The number of tetrazole rings is 1. The summed E-state index contributed by atoms with van der Waals surface area (Å²) in [6.45, 7) is 4.90. The highest BCUT2D eigenvalue weighted by Crippen LogP contribution is 2.20. The van der Waals surface area contributed by atoms with Crippen LogP contribution in [0.4, 0.5) is 0 Å². The summed E-state index contributed by atoms with van der Waals surface area (Å²) in [5.74, 6) is 0.0780. The van der Waals surface area contributed by atoms with Crippen LogP contribution in [0.3, 0.4) is 0 Å². The van der Waals surface area contributed by atoms with Gasteiger partial charge in [-0.1, -0.05) is 26.0 Å². The van der Waals surface area contributed by atoms with Gasteiger partial charge in [-0.05, 0) is 46.3 Å². The van der Waals surface area contributed by atoms with Crippen LogP contribution in [0.5, 0.6) is 0 Å². The van der Waals surface area contributed by atoms with Crippen molar-refractivity contribution in [2.24, 2.45) is 0 Å². The number of likely N-dealkylation sites (tertiary alicyclic amines) is 1. The Labute approximate surface area is 157 Å². The number of esters is 1. The number of benzene rings is 1. The van der Waals surface area contributed by atoms with Crippen molar-refractivity contribution in [1.29, 1.82) is 0 Å². The van der Waals surface area contributed by atoms with E-state index < -0.39 is 12.1 Å². The second-order valence-corrected chi connectivity index (χ2v) is 7.13. The van der Waals surface area contributed by atoms with Crippen LogP contribution < -0.4 is 0 Å². The van der Waals surface area contributed by atoms with Gasteiger partial charge >= 0.3 is 5.97 Å². The van der Waals surface area contributed by atoms with Crippen LogP contribution in [0.2, 0.25) is 0 Å². The highest BCUT2D eigenvalue weighted by Gasteiger charge is 2.37. The first-order chi connectivity index (χ1) is 12.4. The number of carbonyl (C=O) groups is 1. The summed E-state index contributed by atoms with van der Waals surface area (Å²) in [7, 11) is 1.34. The van der Waals surface area contributed by atoms with Crippen molar-refractivity contribution in [1.82, 2.24) is 24.7 Å². The Morgan fingerprint density at radius 3 is 2.65 bits per heavy atom. The quantitative estimate of drug-likeness (QED) is 0.624. The molecule has 140 valence electrons. The number of nitrogens with zero attached hydrogens (tertiary/aromatic N) is 5. The molecule has 0 bridgehead atoms. The van der Waals surface area contributed by atoms with Gasteiger partial charge in [-0.3, -0.25) is 9.69 Å². The number of hydrogen-bond acceptors (Lipinski definition) is 7. The lowest BCUT2D eigenvalue weighted by Crippen LogP contribution is -2.38. The summed E-state index contributed by atoms with van der Waals surface area (Å²) >= 11 is 5.48. The Hall–Kier alpha value is -2.10. The minimum Gasteiger partial charge on any atom is -0.468 e.